The lowest BCUT2D eigenvalue weighted by Gasteiger charge is -1.95. The van der Waals surface area contributed by atoms with E-state index >= 15 is 0 Å². The zero-order chi connectivity index (χ0) is 12.1. The maximum absolute atomic E-state index is 5.40. The molecular weight excluding hydrogens is 220 g/mol. The second kappa shape index (κ2) is 5.53. The first-order valence-electron chi connectivity index (χ1n) is 5.72. The third kappa shape index (κ3) is 3.10. The van der Waals surface area contributed by atoms with E-state index in [-0.39, 0.29) is 0 Å². The highest BCUT2D eigenvalue weighted by atomic mass is 16.4. The number of nitrogens with one attached hydrogen (secondary N) is 1. The number of nitrogens with zero attached hydrogens (tertiary/aromatic N) is 5. The summed E-state index contributed by atoms with van der Waals surface area (Å²) in [5, 5.41) is 19.1. The van der Waals surface area contributed by atoms with E-state index in [2.05, 4.69) is 32.7 Å². The number of hydrogen-bond acceptors (Lipinski definition) is 6. The minimum atomic E-state index is 0.464. The van der Waals surface area contributed by atoms with Crippen molar-refractivity contribution in [1.82, 2.24) is 30.5 Å². The van der Waals surface area contributed by atoms with E-state index < -0.39 is 0 Å². The van der Waals surface area contributed by atoms with Crippen LogP contribution in [0, 0.1) is 0 Å². The highest BCUT2D eigenvalue weighted by Gasteiger charge is 2.06. The third-order valence-corrected chi connectivity index (χ3v) is 2.25. The fourth-order valence-corrected chi connectivity index (χ4v) is 1.38. The van der Waals surface area contributed by atoms with Crippen LogP contribution in [0.1, 0.15) is 31.3 Å². The molecular formula is C10H16N6O. The minimum absolute atomic E-state index is 0.464. The van der Waals surface area contributed by atoms with Crippen molar-refractivity contribution in [3.8, 4) is 0 Å². The molecule has 0 spiro atoms. The molecule has 92 valence electrons. The van der Waals surface area contributed by atoms with Crippen molar-refractivity contribution in [3.63, 3.8) is 0 Å². The third-order valence-electron chi connectivity index (χ3n) is 2.25. The molecule has 0 saturated carbocycles. The van der Waals surface area contributed by atoms with Gasteiger partial charge in [-0.1, -0.05) is 19.1 Å². The SMILES string of the molecule is CCNCc1cn(Cc2nnc(CC)o2)nn1. The average molecular weight is 236 g/mol. The second-order valence-corrected chi connectivity index (χ2v) is 3.63. The zero-order valence-corrected chi connectivity index (χ0v) is 10.1. The first kappa shape index (κ1) is 11.7. The summed E-state index contributed by atoms with van der Waals surface area (Å²) in [4.78, 5) is 0. The van der Waals surface area contributed by atoms with Crippen LogP contribution < -0.4 is 5.32 Å². The van der Waals surface area contributed by atoms with Crippen molar-refractivity contribution in [2.75, 3.05) is 6.54 Å². The van der Waals surface area contributed by atoms with Gasteiger partial charge in [-0.05, 0) is 6.54 Å². The summed E-state index contributed by atoms with van der Waals surface area (Å²) in [6.07, 6.45) is 2.62. The molecule has 0 fully saturated rings. The smallest absolute Gasteiger partial charge is 0.237 e. The number of aryl methyl sites for hydroxylation is 1. The van der Waals surface area contributed by atoms with Crippen LogP contribution in [0.4, 0.5) is 0 Å². The van der Waals surface area contributed by atoms with E-state index in [0.29, 0.717) is 18.3 Å². The van der Waals surface area contributed by atoms with Gasteiger partial charge in [0.25, 0.3) is 0 Å². The molecule has 7 nitrogen and oxygen atoms in total. The molecule has 2 rings (SSSR count). The van der Waals surface area contributed by atoms with Crippen LogP contribution in [0.25, 0.3) is 0 Å². The van der Waals surface area contributed by atoms with E-state index in [1.165, 1.54) is 0 Å². The van der Waals surface area contributed by atoms with Crippen LogP contribution in [0.15, 0.2) is 10.6 Å². The Bertz CT molecular complexity index is 463. The van der Waals surface area contributed by atoms with Gasteiger partial charge in [0.1, 0.15) is 6.54 Å². The number of aromatic nitrogens is 5. The Hall–Kier alpha value is -1.76. The normalized spacial score (nSPS) is 10.9. The fraction of sp³-hybridized carbons (Fsp3) is 0.600. The van der Waals surface area contributed by atoms with E-state index in [0.717, 1.165) is 25.2 Å². The van der Waals surface area contributed by atoms with Gasteiger partial charge in [-0.2, -0.15) is 0 Å². The van der Waals surface area contributed by atoms with Gasteiger partial charge in [0.2, 0.25) is 11.8 Å². The topological polar surface area (TPSA) is 81.7 Å². The van der Waals surface area contributed by atoms with E-state index in [4.69, 9.17) is 4.42 Å². The number of hydrogen-bond donors (Lipinski definition) is 1. The predicted octanol–water partition coefficient (Wildman–Crippen LogP) is 0.381. The molecule has 0 atom stereocenters. The maximum Gasteiger partial charge on any atom is 0.237 e. The molecule has 1 N–H and O–H groups in total. The standard InChI is InChI=1S/C10H16N6O/c1-3-9-13-14-10(17-9)7-16-6-8(12-15-16)5-11-4-2/h6,11H,3-5,7H2,1-2H3. The van der Waals surface area contributed by atoms with Crippen LogP contribution in [0.3, 0.4) is 0 Å². The maximum atomic E-state index is 5.40. The lowest BCUT2D eigenvalue weighted by atomic mass is 10.4. The number of rotatable bonds is 6. The molecule has 2 aromatic heterocycles. The summed E-state index contributed by atoms with van der Waals surface area (Å²) < 4.78 is 7.09. The largest absolute Gasteiger partial charge is 0.423 e. The van der Waals surface area contributed by atoms with E-state index in [9.17, 15) is 0 Å². The van der Waals surface area contributed by atoms with Crippen molar-refractivity contribution in [2.45, 2.75) is 33.4 Å². The predicted molar refractivity (Wildman–Crippen MR) is 60.2 cm³/mol. The Labute approximate surface area is 99.2 Å². The molecule has 2 heterocycles. The molecule has 0 radical (unpaired) electrons. The summed E-state index contributed by atoms with van der Waals surface area (Å²) in [6.45, 7) is 6.12. The molecule has 0 aliphatic heterocycles. The summed E-state index contributed by atoms with van der Waals surface area (Å²) in [6, 6.07) is 0. The van der Waals surface area contributed by atoms with Gasteiger partial charge in [0, 0.05) is 13.0 Å². The molecule has 17 heavy (non-hydrogen) atoms. The molecule has 0 saturated heterocycles. The van der Waals surface area contributed by atoms with Crippen LogP contribution in [-0.4, -0.2) is 31.7 Å². The molecule has 0 bridgehead atoms. The molecule has 0 amide bonds. The minimum Gasteiger partial charge on any atom is -0.423 e. The van der Waals surface area contributed by atoms with Crippen LogP contribution in [0.2, 0.25) is 0 Å². The Morgan fingerprint density at radius 2 is 2.06 bits per heavy atom. The van der Waals surface area contributed by atoms with E-state index in [1.807, 2.05) is 13.1 Å². The van der Waals surface area contributed by atoms with E-state index in [1.54, 1.807) is 4.68 Å². The van der Waals surface area contributed by atoms with Crippen molar-refractivity contribution >= 4 is 0 Å². The summed E-state index contributed by atoms with van der Waals surface area (Å²) in [7, 11) is 0. The Morgan fingerprint density at radius 1 is 1.24 bits per heavy atom. The summed E-state index contributed by atoms with van der Waals surface area (Å²) >= 11 is 0. The van der Waals surface area contributed by atoms with Crippen LogP contribution >= 0.6 is 0 Å². The average Bonchev–Trinajstić information content (AvgIpc) is 2.96. The van der Waals surface area contributed by atoms with Gasteiger partial charge in [-0.25, -0.2) is 4.68 Å². The van der Waals surface area contributed by atoms with Crippen LogP contribution in [0.5, 0.6) is 0 Å². The monoisotopic (exact) mass is 236 g/mol. The molecule has 0 aliphatic carbocycles. The van der Waals surface area contributed by atoms with Gasteiger partial charge >= 0.3 is 0 Å². The molecule has 0 aliphatic rings. The lowest BCUT2D eigenvalue weighted by molar-refractivity contribution is 0.430. The lowest BCUT2D eigenvalue weighted by Crippen LogP contribution is -2.11. The summed E-state index contributed by atoms with van der Waals surface area (Å²) in [5.74, 6) is 1.20. The Kier molecular flexibility index (Phi) is 3.81. The van der Waals surface area contributed by atoms with Gasteiger partial charge in [0.15, 0.2) is 0 Å². The summed E-state index contributed by atoms with van der Waals surface area (Å²) in [5.41, 5.74) is 0.905. The molecule has 0 unspecified atom stereocenters. The van der Waals surface area contributed by atoms with Crippen molar-refractivity contribution < 1.29 is 4.42 Å². The molecule has 0 aromatic carbocycles. The first-order chi connectivity index (χ1) is 8.31. The highest BCUT2D eigenvalue weighted by molar-refractivity contribution is 4.93. The molecule has 7 heteroatoms. The van der Waals surface area contributed by atoms with Crippen molar-refractivity contribution in [1.29, 1.82) is 0 Å². The quantitative estimate of drug-likeness (QED) is 0.781. The zero-order valence-electron chi connectivity index (χ0n) is 10.1. The van der Waals surface area contributed by atoms with Crippen molar-refractivity contribution in [2.24, 2.45) is 0 Å². The Morgan fingerprint density at radius 3 is 2.76 bits per heavy atom. The Balaban J connectivity index is 1.96. The highest BCUT2D eigenvalue weighted by Crippen LogP contribution is 2.02. The van der Waals surface area contributed by atoms with Crippen LogP contribution in [-0.2, 0) is 19.5 Å². The van der Waals surface area contributed by atoms with Gasteiger partial charge < -0.3 is 9.73 Å². The fourth-order valence-electron chi connectivity index (χ4n) is 1.38. The van der Waals surface area contributed by atoms with Gasteiger partial charge in [0.05, 0.1) is 11.9 Å². The molecule has 2 aromatic rings. The van der Waals surface area contributed by atoms with Crippen molar-refractivity contribution in [3.05, 3.63) is 23.7 Å². The van der Waals surface area contributed by atoms with Gasteiger partial charge in [-0.15, -0.1) is 15.3 Å². The van der Waals surface area contributed by atoms with Gasteiger partial charge in [-0.3, -0.25) is 0 Å². The second-order valence-electron chi connectivity index (χ2n) is 3.63. The first-order valence-corrected chi connectivity index (χ1v) is 5.72.